The van der Waals surface area contributed by atoms with E-state index in [9.17, 15) is 4.79 Å². The van der Waals surface area contributed by atoms with Crippen molar-refractivity contribution in [2.75, 3.05) is 37.7 Å². The number of rotatable bonds is 5. The second kappa shape index (κ2) is 8.16. The number of amides is 1. The zero-order valence-corrected chi connectivity index (χ0v) is 15.6. The molecule has 4 heterocycles. The fourth-order valence-corrected chi connectivity index (χ4v) is 4.51. The van der Waals surface area contributed by atoms with Crippen LogP contribution in [0.3, 0.4) is 0 Å². The molecule has 138 valence electrons. The molecule has 4 rings (SSSR count). The van der Waals surface area contributed by atoms with Gasteiger partial charge in [0.1, 0.15) is 5.82 Å². The molecule has 0 radical (unpaired) electrons. The summed E-state index contributed by atoms with van der Waals surface area (Å²) in [6.45, 7) is 4.65. The summed E-state index contributed by atoms with van der Waals surface area (Å²) in [5, 5.41) is 6.53. The molecule has 0 saturated carbocycles. The Bertz CT molecular complexity index is 752. The summed E-state index contributed by atoms with van der Waals surface area (Å²) in [5.41, 5.74) is 1.04. The Morgan fingerprint density at radius 2 is 2.23 bits per heavy atom. The molecule has 2 saturated heterocycles. The highest BCUT2D eigenvalue weighted by atomic mass is 32.1. The zero-order chi connectivity index (χ0) is 17.8. The van der Waals surface area contributed by atoms with Gasteiger partial charge in [-0.3, -0.25) is 4.79 Å². The highest BCUT2D eigenvalue weighted by molar-refractivity contribution is 7.14. The fourth-order valence-electron chi connectivity index (χ4n) is 3.48. The molecule has 6 nitrogen and oxygen atoms in total. The quantitative estimate of drug-likeness (QED) is 0.843. The fraction of sp³-hybridized carbons (Fsp3) is 0.474. The van der Waals surface area contributed by atoms with Gasteiger partial charge in [-0.15, -0.1) is 11.3 Å². The van der Waals surface area contributed by atoms with Crippen molar-refractivity contribution in [2.45, 2.75) is 25.4 Å². The van der Waals surface area contributed by atoms with E-state index >= 15 is 0 Å². The first-order valence-corrected chi connectivity index (χ1v) is 10.0. The van der Waals surface area contributed by atoms with E-state index in [0.29, 0.717) is 12.6 Å². The van der Waals surface area contributed by atoms with Crippen molar-refractivity contribution in [3.05, 3.63) is 45.8 Å². The number of thiophene rings is 1. The molecule has 2 aliphatic heterocycles. The number of pyridine rings is 1. The first kappa shape index (κ1) is 17.5. The molecule has 26 heavy (non-hydrogen) atoms. The maximum absolute atomic E-state index is 12.6. The summed E-state index contributed by atoms with van der Waals surface area (Å²) in [7, 11) is 0. The van der Waals surface area contributed by atoms with Gasteiger partial charge in [-0.05, 0) is 37.6 Å². The zero-order valence-electron chi connectivity index (χ0n) is 14.7. The standard InChI is InChI=1S/C19H24N4O2S/c24-19(17-6-5-16(26-17)15-4-2-7-20-15)22-13-14-3-1-8-21-18(14)23-9-11-25-12-10-23/h1,3,5-6,8,15,20H,2,4,7,9-13H2,(H,22,24)/t15-/m1/s1. The number of hydrogen-bond donors (Lipinski definition) is 2. The van der Waals surface area contributed by atoms with Crippen LogP contribution in [-0.4, -0.2) is 43.7 Å². The Kier molecular flexibility index (Phi) is 5.48. The van der Waals surface area contributed by atoms with Crippen LogP contribution in [-0.2, 0) is 11.3 Å². The van der Waals surface area contributed by atoms with Crippen LogP contribution < -0.4 is 15.5 Å². The van der Waals surface area contributed by atoms with E-state index in [2.05, 4.69) is 26.6 Å². The molecule has 0 aromatic carbocycles. The number of morpholine rings is 1. The molecule has 0 unspecified atom stereocenters. The van der Waals surface area contributed by atoms with Crippen LogP contribution in [0.15, 0.2) is 30.5 Å². The second-order valence-electron chi connectivity index (χ2n) is 6.62. The molecule has 2 fully saturated rings. The first-order valence-electron chi connectivity index (χ1n) is 9.19. The number of ether oxygens (including phenoxy) is 1. The van der Waals surface area contributed by atoms with Crippen LogP contribution in [0.4, 0.5) is 5.82 Å². The molecule has 0 spiro atoms. The van der Waals surface area contributed by atoms with Crippen molar-refractivity contribution in [1.82, 2.24) is 15.6 Å². The number of aromatic nitrogens is 1. The Morgan fingerprint density at radius 3 is 3.04 bits per heavy atom. The second-order valence-corrected chi connectivity index (χ2v) is 7.73. The Balaban J connectivity index is 1.40. The summed E-state index contributed by atoms with van der Waals surface area (Å²) < 4.78 is 5.42. The summed E-state index contributed by atoms with van der Waals surface area (Å²) in [5.74, 6) is 0.925. The Labute approximate surface area is 157 Å². The molecule has 7 heteroatoms. The molecular formula is C19H24N4O2S. The summed E-state index contributed by atoms with van der Waals surface area (Å²) in [4.78, 5) is 21.3. The van der Waals surface area contributed by atoms with E-state index < -0.39 is 0 Å². The average Bonchev–Trinajstić information content (AvgIpc) is 3.38. The molecular weight excluding hydrogens is 348 g/mol. The monoisotopic (exact) mass is 372 g/mol. The van der Waals surface area contributed by atoms with Gasteiger partial charge in [0, 0.05) is 42.3 Å². The van der Waals surface area contributed by atoms with E-state index in [1.54, 1.807) is 17.5 Å². The lowest BCUT2D eigenvalue weighted by molar-refractivity contribution is 0.0954. The van der Waals surface area contributed by atoms with Gasteiger partial charge in [0.05, 0.1) is 18.1 Å². The number of nitrogens with one attached hydrogen (secondary N) is 2. The summed E-state index contributed by atoms with van der Waals surface area (Å²) in [6, 6.07) is 8.36. The van der Waals surface area contributed by atoms with E-state index in [-0.39, 0.29) is 5.91 Å². The van der Waals surface area contributed by atoms with Crippen LogP contribution >= 0.6 is 11.3 Å². The molecule has 1 amide bonds. The first-order chi connectivity index (χ1) is 12.8. The lowest BCUT2D eigenvalue weighted by atomic mass is 10.2. The van der Waals surface area contributed by atoms with Gasteiger partial charge in [0.25, 0.3) is 5.91 Å². The average molecular weight is 372 g/mol. The highest BCUT2D eigenvalue weighted by Crippen LogP contribution is 2.29. The van der Waals surface area contributed by atoms with Crippen LogP contribution in [0.1, 0.15) is 39.0 Å². The van der Waals surface area contributed by atoms with E-state index in [0.717, 1.165) is 55.5 Å². The number of nitrogens with zero attached hydrogens (tertiary/aromatic N) is 2. The van der Waals surface area contributed by atoms with E-state index in [4.69, 9.17) is 4.74 Å². The van der Waals surface area contributed by atoms with Crippen LogP contribution in [0.25, 0.3) is 0 Å². The predicted molar refractivity (Wildman–Crippen MR) is 103 cm³/mol. The van der Waals surface area contributed by atoms with Gasteiger partial charge in [0.2, 0.25) is 0 Å². The maximum Gasteiger partial charge on any atom is 0.261 e. The normalized spacial score (nSPS) is 20.3. The molecule has 0 bridgehead atoms. The van der Waals surface area contributed by atoms with Gasteiger partial charge in [-0.25, -0.2) is 4.98 Å². The third kappa shape index (κ3) is 3.90. The lowest BCUT2D eigenvalue weighted by Gasteiger charge is -2.29. The summed E-state index contributed by atoms with van der Waals surface area (Å²) >= 11 is 1.59. The number of hydrogen-bond acceptors (Lipinski definition) is 6. The minimum atomic E-state index is -0.0176. The SMILES string of the molecule is O=C(NCc1cccnc1N1CCOCC1)c1ccc([C@H]2CCCN2)s1. The van der Waals surface area contributed by atoms with E-state index in [1.807, 2.05) is 18.2 Å². The highest BCUT2D eigenvalue weighted by Gasteiger charge is 2.20. The predicted octanol–water partition coefficient (Wildman–Crippen LogP) is 2.33. The molecule has 1 atom stereocenters. The van der Waals surface area contributed by atoms with Crippen LogP contribution in [0.5, 0.6) is 0 Å². The molecule has 2 aromatic rings. The van der Waals surface area contributed by atoms with Crippen molar-refractivity contribution >= 4 is 23.1 Å². The topological polar surface area (TPSA) is 66.5 Å². The van der Waals surface area contributed by atoms with Crippen molar-refractivity contribution in [3.63, 3.8) is 0 Å². The third-order valence-corrected chi connectivity index (χ3v) is 6.07. The summed E-state index contributed by atoms with van der Waals surface area (Å²) in [6.07, 6.45) is 4.16. The van der Waals surface area contributed by atoms with E-state index in [1.165, 1.54) is 11.3 Å². The minimum Gasteiger partial charge on any atom is -0.378 e. The smallest absolute Gasteiger partial charge is 0.261 e. The largest absolute Gasteiger partial charge is 0.378 e. The van der Waals surface area contributed by atoms with Gasteiger partial charge in [0.15, 0.2) is 0 Å². The lowest BCUT2D eigenvalue weighted by Crippen LogP contribution is -2.37. The molecule has 2 aromatic heterocycles. The number of anilines is 1. The van der Waals surface area contributed by atoms with Crippen molar-refractivity contribution < 1.29 is 9.53 Å². The van der Waals surface area contributed by atoms with Gasteiger partial charge in [-0.1, -0.05) is 6.07 Å². The number of carbonyl (C=O) groups excluding carboxylic acids is 1. The van der Waals surface area contributed by atoms with Crippen LogP contribution in [0.2, 0.25) is 0 Å². The Morgan fingerprint density at radius 1 is 1.35 bits per heavy atom. The number of carbonyl (C=O) groups is 1. The van der Waals surface area contributed by atoms with Crippen LogP contribution in [0, 0.1) is 0 Å². The molecule has 2 N–H and O–H groups in total. The molecule has 2 aliphatic rings. The third-order valence-electron chi connectivity index (χ3n) is 4.87. The molecule has 0 aliphatic carbocycles. The van der Waals surface area contributed by atoms with Crippen molar-refractivity contribution in [3.8, 4) is 0 Å². The Hall–Kier alpha value is -1.96. The minimum absolute atomic E-state index is 0.0176. The van der Waals surface area contributed by atoms with Gasteiger partial charge in [-0.2, -0.15) is 0 Å². The van der Waals surface area contributed by atoms with Gasteiger partial charge >= 0.3 is 0 Å². The van der Waals surface area contributed by atoms with Crippen molar-refractivity contribution in [2.24, 2.45) is 0 Å². The van der Waals surface area contributed by atoms with Crippen molar-refractivity contribution in [1.29, 1.82) is 0 Å². The van der Waals surface area contributed by atoms with Gasteiger partial charge < -0.3 is 20.3 Å². The maximum atomic E-state index is 12.6.